The second kappa shape index (κ2) is 10.9. The minimum absolute atomic E-state index is 0.368. The first-order valence-electron chi connectivity index (χ1n) is 13.0. The van der Waals surface area contributed by atoms with E-state index in [-0.39, 0.29) is 5.92 Å². The first-order chi connectivity index (χ1) is 18.3. The third-order valence-corrected chi connectivity index (χ3v) is 8.04. The van der Waals surface area contributed by atoms with Crippen molar-refractivity contribution < 1.29 is 9.84 Å². The third kappa shape index (κ3) is 5.09. The van der Waals surface area contributed by atoms with E-state index in [9.17, 15) is 5.11 Å². The number of aliphatic hydroxyl groups is 1. The molecule has 0 bridgehead atoms. The lowest BCUT2D eigenvalue weighted by molar-refractivity contribution is 0.00534. The Balaban J connectivity index is 1.85. The number of aryl methyl sites for hydroxylation is 1. The van der Waals surface area contributed by atoms with E-state index >= 15 is 0 Å². The molecule has 0 saturated heterocycles. The molecule has 4 heteroatoms. The van der Waals surface area contributed by atoms with E-state index in [2.05, 4.69) is 121 Å². The predicted octanol–water partition coefficient (Wildman–Crippen LogP) is 8.04. The van der Waals surface area contributed by atoms with Gasteiger partial charge in [-0.1, -0.05) is 94.3 Å². The van der Waals surface area contributed by atoms with Crippen molar-refractivity contribution in [2.45, 2.75) is 24.9 Å². The molecular formula is C34H34BrNO2. The molecule has 5 rings (SSSR count). The Morgan fingerprint density at radius 1 is 0.842 bits per heavy atom. The van der Waals surface area contributed by atoms with Gasteiger partial charge in [-0.15, -0.1) is 0 Å². The van der Waals surface area contributed by atoms with Gasteiger partial charge in [0.15, 0.2) is 0 Å². The van der Waals surface area contributed by atoms with Gasteiger partial charge >= 0.3 is 0 Å². The largest absolute Gasteiger partial charge is 0.496 e. The molecule has 5 aromatic rings. The maximum absolute atomic E-state index is 13.1. The highest BCUT2D eigenvalue weighted by Crippen LogP contribution is 2.49. The van der Waals surface area contributed by atoms with E-state index < -0.39 is 5.60 Å². The fourth-order valence-electron chi connectivity index (χ4n) is 5.57. The summed E-state index contributed by atoms with van der Waals surface area (Å²) in [6.07, 6.45) is 0.548. The van der Waals surface area contributed by atoms with Crippen molar-refractivity contribution in [3.8, 4) is 5.75 Å². The highest BCUT2D eigenvalue weighted by atomic mass is 79.9. The first-order valence-corrected chi connectivity index (χ1v) is 13.8. The number of ether oxygens (including phenoxy) is 1. The third-order valence-electron chi connectivity index (χ3n) is 7.55. The van der Waals surface area contributed by atoms with E-state index in [0.29, 0.717) is 6.42 Å². The second-order valence-electron chi connectivity index (χ2n) is 10.4. The molecule has 38 heavy (non-hydrogen) atoms. The van der Waals surface area contributed by atoms with E-state index in [0.717, 1.165) is 55.0 Å². The molecule has 194 valence electrons. The standard InChI is InChI=1S/C34H34BrNO2/c1-23-12-14-25(15-13-23)33(30-21-27-20-28(35)17-16-26(27)22-32(30)38-4)34(37,18-19-36(2)3)31-11-7-9-24-8-5-6-10-29(24)31/h5-17,20-22,33,37H,18-19H2,1-4H3/t33-,34-/m1/s1. The molecule has 5 aromatic carbocycles. The van der Waals surface area contributed by atoms with Gasteiger partial charge < -0.3 is 14.7 Å². The van der Waals surface area contributed by atoms with Crippen LogP contribution in [0.25, 0.3) is 21.5 Å². The number of halogens is 1. The van der Waals surface area contributed by atoms with E-state index in [4.69, 9.17) is 4.74 Å². The van der Waals surface area contributed by atoms with Crippen LogP contribution in [0.4, 0.5) is 0 Å². The number of hydrogen-bond donors (Lipinski definition) is 1. The lowest BCUT2D eigenvalue weighted by Crippen LogP contribution is -2.38. The summed E-state index contributed by atoms with van der Waals surface area (Å²) in [5.41, 5.74) is 2.92. The van der Waals surface area contributed by atoms with Crippen LogP contribution in [0.3, 0.4) is 0 Å². The minimum Gasteiger partial charge on any atom is -0.496 e. The van der Waals surface area contributed by atoms with Crippen LogP contribution in [0.1, 0.15) is 34.6 Å². The highest BCUT2D eigenvalue weighted by molar-refractivity contribution is 9.10. The normalized spacial score (nSPS) is 14.1. The van der Waals surface area contributed by atoms with Crippen molar-refractivity contribution in [1.82, 2.24) is 4.90 Å². The number of methoxy groups -OCH3 is 1. The van der Waals surface area contributed by atoms with Crippen molar-refractivity contribution in [2.24, 2.45) is 0 Å². The predicted molar refractivity (Wildman–Crippen MR) is 162 cm³/mol. The summed E-state index contributed by atoms with van der Waals surface area (Å²) in [7, 11) is 5.82. The Labute approximate surface area is 233 Å². The SMILES string of the molecule is COc1cc2ccc(Br)cc2cc1[C@@H](c1ccc(C)cc1)[C@@](O)(CCN(C)C)c1cccc2ccccc12. The van der Waals surface area contributed by atoms with Gasteiger partial charge in [0.25, 0.3) is 0 Å². The molecule has 1 N–H and O–H groups in total. The van der Waals surface area contributed by atoms with Crippen LogP contribution in [-0.4, -0.2) is 37.8 Å². The monoisotopic (exact) mass is 567 g/mol. The molecule has 0 saturated carbocycles. The number of rotatable bonds is 8. The number of hydrogen-bond acceptors (Lipinski definition) is 3. The molecule has 0 aliphatic rings. The van der Waals surface area contributed by atoms with Crippen molar-refractivity contribution in [3.63, 3.8) is 0 Å². The van der Waals surface area contributed by atoms with Crippen LogP contribution in [-0.2, 0) is 5.60 Å². The van der Waals surface area contributed by atoms with E-state index in [1.807, 2.05) is 18.2 Å². The summed E-state index contributed by atoms with van der Waals surface area (Å²) in [6, 6.07) is 33.7. The Morgan fingerprint density at radius 3 is 2.32 bits per heavy atom. The fraction of sp³-hybridized carbons (Fsp3) is 0.235. The molecule has 0 amide bonds. The van der Waals surface area contributed by atoms with Crippen molar-refractivity contribution >= 4 is 37.5 Å². The summed E-state index contributed by atoms with van der Waals surface area (Å²) in [6.45, 7) is 2.82. The van der Waals surface area contributed by atoms with Gasteiger partial charge in [0.2, 0.25) is 0 Å². The quantitative estimate of drug-likeness (QED) is 0.206. The Kier molecular flexibility index (Phi) is 7.58. The van der Waals surface area contributed by atoms with Crippen LogP contribution in [0, 0.1) is 6.92 Å². The van der Waals surface area contributed by atoms with Gasteiger partial charge in [-0.2, -0.15) is 0 Å². The molecule has 0 aromatic heterocycles. The van der Waals surface area contributed by atoms with Crippen LogP contribution in [0.2, 0.25) is 0 Å². The molecule has 3 nitrogen and oxygen atoms in total. The van der Waals surface area contributed by atoms with Crippen molar-refractivity contribution in [3.05, 3.63) is 124 Å². The summed E-state index contributed by atoms with van der Waals surface area (Å²) in [4.78, 5) is 2.14. The van der Waals surface area contributed by atoms with Crippen molar-refractivity contribution in [1.29, 1.82) is 0 Å². The summed E-state index contributed by atoms with van der Waals surface area (Å²) >= 11 is 3.64. The van der Waals surface area contributed by atoms with E-state index in [1.54, 1.807) is 7.11 Å². The number of nitrogens with zero attached hydrogens (tertiary/aromatic N) is 1. The minimum atomic E-state index is -1.21. The maximum Gasteiger partial charge on any atom is 0.123 e. The Bertz CT molecular complexity index is 1570. The van der Waals surface area contributed by atoms with Gasteiger partial charge in [0.1, 0.15) is 11.4 Å². The van der Waals surface area contributed by atoms with Gasteiger partial charge in [-0.05, 0) is 84.4 Å². The molecule has 0 radical (unpaired) electrons. The zero-order valence-corrected chi connectivity index (χ0v) is 24.0. The molecule has 0 aliphatic carbocycles. The smallest absolute Gasteiger partial charge is 0.123 e. The Morgan fingerprint density at radius 2 is 1.58 bits per heavy atom. The molecule has 0 heterocycles. The average molecular weight is 569 g/mol. The topological polar surface area (TPSA) is 32.7 Å². The number of fused-ring (bicyclic) bond motifs is 2. The zero-order chi connectivity index (χ0) is 26.9. The second-order valence-corrected chi connectivity index (χ2v) is 11.3. The summed E-state index contributed by atoms with van der Waals surface area (Å²) in [5, 5.41) is 17.5. The Hall–Kier alpha value is -3.18. The van der Waals surface area contributed by atoms with Crippen LogP contribution in [0.15, 0.2) is 102 Å². The molecule has 0 aliphatic heterocycles. The highest BCUT2D eigenvalue weighted by Gasteiger charge is 2.42. The first kappa shape index (κ1) is 26.4. The fourth-order valence-corrected chi connectivity index (χ4v) is 5.95. The average Bonchev–Trinajstić information content (AvgIpc) is 2.92. The van der Waals surface area contributed by atoms with E-state index in [1.165, 1.54) is 5.56 Å². The molecule has 0 spiro atoms. The molecule has 0 unspecified atom stereocenters. The van der Waals surface area contributed by atoms with Crippen LogP contribution in [0.5, 0.6) is 5.75 Å². The van der Waals surface area contributed by atoms with Gasteiger partial charge in [0.05, 0.1) is 7.11 Å². The van der Waals surface area contributed by atoms with Crippen LogP contribution >= 0.6 is 15.9 Å². The number of benzene rings is 5. The van der Waals surface area contributed by atoms with Crippen molar-refractivity contribution in [2.75, 3.05) is 27.7 Å². The molecule has 2 atom stereocenters. The zero-order valence-electron chi connectivity index (χ0n) is 22.4. The van der Waals surface area contributed by atoms with Gasteiger partial charge in [-0.3, -0.25) is 0 Å². The van der Waals surface area contributed by atoms with Gasteiger partial charge in [0, 0.05) is 22.5 Å². The summed E-state index contributed by atoms with van der Waals surface area (Å²) in [5.74, 6) is 0.404. The lowest BCUT2D eigenvalue weighted by Gasteiger charge is -2.40. The maximum atomic E-state index is 13.1. The summed E-state index contributed by atoms with van der Waals surface area (Å²) < 4.78 is 7.04. The van der Waals surface area contributed by atoms with Crippen LogP contribution < -0.4 is 4.74 Å². The molecule has 0 fully saturated rings. The molecular weight excluding hydrogens is 534 g/mol. The van der Waals surface area contributed by atoms with Gasteiger partial charge in [-0.25, -0.2) is 0 Å². The lowest BCUT2D eigenvalue weighted by atomic mass is 9.70.